The zero-order chi connectivity index (χ0) is 18.5. The standard InChI is InChI=1S/C20H24N2O3S/c1-3-14(2)21-20(24)18-12-26-13-22(18)19(23)11-25-17-9-8-15-6-4-5-7-16(15)10-17/h4-10,14,18H,3,11-13H2,1-2H3,(H,21,24). The molecule has 2 aromatic carbocycles. The molecule has 0 bridgehead atoms. The van der Waals surface area contributed by atoms with Gasteiger partial charge in [0.25, 0.3) is 5.91 Å². The van der Waals surface area contributed by atoms with Gasteiger partial charge in [-0.2, -0.15) is 0 Å². The molecular formula is C20H24N2O3S. The number of carbonyl (C=O) groups excluding carboxylic acids is 2. The Balaban J connectivity index is 1.60. The van der Waals surface area contributed by atoms with Crippen molar-refractivity contribution >= 4 is 34.3 Å². The molecule has 2 aromatic rings. The Labute approximate surface area is 158 Å². The fourth-order valence-electron chi connectivity index (χ4n) is 2.83. The first kappa shape index (κ1) is 18.6. The lowest BCUT2D eigenvalue weighted by atomic mass is 10.1. The summed E-state index contributed by atoms with van der Waals surface area (Å²) < 4.78 is 5.69. The Morgan fingerprint density at radius 3 is 2.81 bits per heavy atom. The number of nitrogens with zero attached hydrogens (tertiary/aromatic N) is 1. The number of thioether (sulfide) groups is 1. The van der Waals surface area contributed by atoms with Gasteiger partial charge < -0.3 is 15.0 Å². The molecule has 0 saturated carbocycles. The lowest BCUT2D eigenvalue weighted by Gasteiger charge is -2.24. The summed E-state index contributed by atoms with van der Waals surface area (Å²) >= 11 is 1.59. The number of carbonyl (C=O) groups is 2. The molecule has 0 radical (unpaired) electrons. The van der Waals surface area contributed by atoms with Crippen LogP contribution in [0.15, 0.2) is 42.5 Å². The number of ether oxygens (including phenoxy) is 1. The van der Waals surface area contributed by atoms with E-state index in [0.717, 1.165) is 17.2 Å². The zero-order valence-corrected chi connectivity index (χ0v) is 15.9. The number of rotatable bonds is 6. The fourth-order valence-corrected chi connectivity index (χ4v) is 4.01. The number of hydrogen-bond donors (Lipinski definition) is 1. The second-order valence-corrected chi connectivity index (χ2v) is 7.49. The van der Waals surface area contributed by atoms with Crippen molar-refractivity contribution in [3.8, 4) is 5.75 Å². The molecule has 2 atom stereocenters. The van der Waals surface area contributed by atoms with Crippen LogP contribution in [0.25, 0.3) is 10.8 Å². The molecule has 1 aliphatic heterocycles. The topological polar surface area (TPSA) is 58.6 Å². The summed E-state index contributed by atoms with van der Waals surface area (Å²) in [4.78, 5) is 26.6. The number of nitrogens with one attached hydrogen (secondary N) is 1. The lowest BCUT2D eigenvalue weighted by Crippen LogP contribution is -2.50. The SMILES string of the molecule is CCC(C)NC(=O)C1CSCN1C(=O)COc1ccc2ccccc2c1. The highest BCUT2D eigenvalue weighted by Crippen LogP contribution is 2.23. The molecule has 0 aromatic heterocycles. The number of hydrogen-bond acceptors (Lipinski definition) is 4. The van der Waals surface area contributed by atoms with Crippen molar-refractivity contribution in [2.45, 2.75) is 32.4 Å². The maximum atomic E-state index is 12.6. The minimum absolute atomic E-state index is 0.0635. The van der Waals surface area contributed by atoms with Crippen molar-refractivity contribution in [3.05, 3.63) is 42.5 Å². The maximum Gasteiger partial charge on any atom is 0.261 e. The third-order valence-corrected chi connectivity index (χ3v) is 5.60. The minimum atomic E-state index is -0.415. The van der Waals surface area contributed by atoms with Crippen molar-refractivity contribution in [2.75, 3.05) is 18.2 Å². The van der Waals surface area contributed by atoms with Gasteiger partial charge in [-0.05, 0) is 36.2 Å². The molecule has 26 heavy (non-hydrogen) atoms. The smallest absolute Gasteiger partial charge is 0.261 e. The van der Waals surface area contributed by atoms with E-state index in [2.05, 4.69) is 5.32 Å². The van der Waals surface area contributed by atoms with Gasteiger partial charge in [0.1, 0.15) is 11.8 Å². The van der Waals surface area contributed by atoms with Crippen LogP contribution in [-0.4, -0.2) is 47.0 Å². The van der Waals surface area contributed by atoms with Crippen LogP contribution in [0.4, 0.5) is 0 Å². The summed E-state index contributed by atoms with van der Waals surface area (Å²) in [6.45, 7) is 3.93. The Morgan fingerprint density at radius 1 is 1.27 bits per heavy atom. The van der Waals surface area contributed by atoms with Gasteiger partial charge in [-0.3, -0.25) is 9.59 Å². The van der Waals surface area contributed by atoms with Crippen LogP contribution >= 0.6 is 11.8 Å². The summed E-state index contributed by atoms with van der Waals surface area (Å²) in [7, 11) is 0. The molecule has 138 valence electrons. The molecule has 1 saturated heterocycles. The molecule has 6 heteroatoms. The molecule has 3 rings (SSSR count). The van der Waals surface area contributed by atoms with Gasteiger partial charge >= 0.3 is 0 Å². The summed E-state index contributed by atoms with van der Waals surface area (Å²) in [5.41, 5.74) is 0. The number of fused-ring (bicyclic) bond motifs is 1. The van der Waals surface area contributed by atoms with Crippen LogP contribution in [0.5, 0.6) is 5.75 Å². The fraction of sp³-hybridized carbons (Fsp3) is 0.400. The zero-order valence-electron chi connectivity index (χ0n) is 15.1. The van der Waals surface area contributed by atoms with E-state index in [0.29, 0.717) is 17.4 Å². The van der Waals surface area contributed by atoms with E-state index < -0.39 is 6.04 Å². The first-order valence-electron chi connectivity index (χ1n) is 8.87. The van der Waals surface area contributed by atoms with E-state index in [9.17, 15) is 9.59 Å². The third kappa shape index (κ3) is 4.30. The van der Waals surface area contributed by atoms with Crippen LogP contribution in [0.1, 0.15) is 20.3 Å². The van der Waals surface area contributed by atoms with E-state index in [1.165, 1.54) is 0 Å². The van der Waals surface area contributed by atoms with Gasteiger partial charge in [0.05, 0.1) is 5.88 Å². The molecule has 2 unspecified atom stereocenters. The average Bonchev–Trinajstić information content (AvgIpc) is 3.16. The van der Waals surface area contributed by atoms with Crippen LogP contribution < -0.4 is 10.1 Å². The van der Waals surface area contributed by atoms with Crippen LogP contribution in [0.3, 0.4) is 0 Å². The second kappa shape index (κ2) is 8.45. The molecule has 1 fully saturated rings. The van der Waals surface area contributed by atoms with Gasteiger partial charge in [-0.15, -0.1) is 11.8 Å². The van der Waals surface area contributed by atoms with E-state index >= 15 is 0 Å². The normalized spacial score (nSPS) is 17.9. The summed E-state index contributed by atoms with van der Waals surface area (Å²) in [5, 5.41) is 5.16. The van der Waals surface area contributed by atoms with Crippen molar-refractivity contribution in [1.82, 2.24) is 10.2 Å². The summed E-state index contributed by atoms with van der Waals surface area (Å²) in [5.74, 6) is 1.57. The average molecular weight is 372 g/mol. The predicted octanol–water partition coefficient (Wildman–Crippen LogP) is 3.03. The van der Waals surface area contributed by atoms with Crippen molar-refractivity contribution in [2.24, 2.45) is 0 Å². The monoisotopic (exact) mass is 372 g/mol. The molecular weight excluding hydrogens is 348 g/mol. The molecule has 5 nitrogen and oxygen atoms in total. The predicted molar refractivity (Wildman–Crippen MR) is 105 cm³/mol. The van der Waals surface area contributed by atoms with E-state index in [4.69, 9.17) is 4.74 Å². The minimum Gasteiger partial charge on any atom is -0.484 e. The van der Waals surface area contributed by atoms with Crippen LogP contribution in [0, 0.1) is 0 Å². The quantitative estimate of drug-likeness (QED) is 0.847. The molecule has 2 amide bonds. The van der Waals surface area contributed by atoms with E-state index in [-0.39, 0.29) is 24.5 Å². The van der Waals surface area contributed by atoms with Gasteiger partial charge in [-0.25, -0.2) is 0 Å². The summed E-state index contributed by atoms with van der Waals surface area (Å²) in [6.07, 6.45) is 0.866. The Bertz CT molecular complexity index is 795. The van der Waals surface area contributed by atoms with E-state index in [1.54, 1.807) is 16.7 Å². The first-order valence-corrected chi connectivity index (χ1v) is 10.0. The van der Waals surface area contributed by atoms with Gasteiger partial charge in [-0.1, -0.05) is 37.3 Å². The number of benzene rings is 2. The third-order valence-electron chi connectivity index (χ3n) is 4.59. The van der Waals surface area contributed by atoms with Crippen molar-refractivity contribution in [3.63, 3.8) is 0 Å². The molecule has 0 spiro atoms. The molecule has 0 aliphatic carbocycles. The van der Waals surface area contributed by atoms with Crippen LogP contribution in [0.2, 0.25) is 0 Å². The van der Waals surface area contributed by atoms with Crippen molar-refractivity contribution < 1.29 is 14.3 Å². The van der Waals surface area contributed by atoms with E-state index in [1.807, 2.05) is 56.3 Å². The Hall–Kier alpha value is -2.21. The highest BCUT2D eigenvalue weighted by atomic mass is 32.2. The first-order chi connectivity index (χ1) is 12.6. The Morgan fingerprint density at radius 2 is 2.04 bits per heavy atom. The molecule has 1 aliphatic rings. The van der Waals surface area contributed by atoms with Gasteiger partial charge in [0.15, 0.2) is 6.61 Å². The second-order valence-electron chi connectivity index (χ2n) is 6.49. The highest BCUT2D eigenvalue weighted by molar-refractivity contribution is 7.99. The van der Waals surface area contributed by atoms with Gasteiger partial charge in [0.2, 0.25) is 5.91 Å². The summed E-state index contributed by atoms with van der Waals surface area (Å²) in [6, 6.07) is 13.5. The van der Waals surface area contributed by atoms with Crippen molar-refractivity contribution in [1.29, 1.82) is 0 Å². The molecule has 1 N–H and O–H groups in total. The Kier molecular flexibility index (Phi) is 6.04. The molecule has 1 heterocycles. The lowest BCUT2D eigenvalue weighted by molar-refractivity contribution is -0.139. The highest BCUT2D eigenvalue weighted by Gasteiger charge is 2.35. The van der Waals surface area contributed by atoms with Gasteiger partial charge in [0, 0.05) is 11.8 Å². The van der Waals surface area contributed by atoms with Crippen LogP contribution in [-0.2, 0) is 9.59 Å². The maximum absolute atomic E-state index is 12.6. The number of amides is 2. The largest absolute Gasteiger partial charge is 0.484 e.